The summed E-state index contributed by atoms with van der Waals surface area (Å²) in [4.78, 5) is 5.58. The van der Waals surface area contributed by atoms with Crippen molar-refractivity contribution in [2.24, 2.45) is 4.99 Å². The Bertz CT molecular complexity index is 338. The van der Waals surface area contributed by atoms with Crippen LogP contribution in [0.2, 0.25) is 0 Å². The van der Waals surface area contributed by atoms with Gasteiger partial charge >= 0.3 is 0 Å². The van der Waals surface area contributed by atoms with E-state index in [4.69, 9.17) is 4.74 Å². The fourth-order valence-electron chi connectivity index (χ4n) is 1.57. The molecule has 0 radical (unpaired) electrons. The molecule has 1 heterocycles. The molecule has 4 nitrogen and oxygen atoms in total. The number of rotatable bonds is 9. The Hall–Kier alpha value is -1.07. The molecule has 0 aromatic carbocycles. The molecule has 0 fully saturated rings. The Balaban J connectivity index is 2.03. The second-order valence-electron chi connectivity index (χ2n) is 4.22. The predicted molar refractivity (Wildman–Crippen MR) is 83.1 cm³/mol. The van der Waals surface area contributed by atoms with Gasteiger partial charge in [-0.05, 0) is 24.3 Å². The highest BCUT2D eigenvalue weighted by Crippen LogP contribution is 2.07. The van der Waals surface area contributed by atoms with Crippen LogP contribution in [0.4, 0.5) is 0 Å². The van der Waals surface area contributed by atoms with E-state index in [9.17, 15) is 0 Å². The number of hydrogen-bond donors (Lipinski definition) is 2. The Kier molecular flexibility index (Phi) is 9.10. The van der Waals surface area contributed by atoms with E-state index in [0.29, 0.717) is 0 Å². The highest BCUT2D eigenvalue weighted by molar-refractivity contribution is 7.09. The van der Waals surface area contributed by atoms with Crippen LogP contribution >= 0.6 is 11.3 Å². The van der Waals surface area contributed by atoms with Crippen molar-refractivity contribution in [2.75, 3.05) is 33.4 Å². The predicted octanol–water partition coefficient (Wildman–Crippen LogP) is 2.27. The van der Waals surface area contributed by atoms with E-state index in [-0.39, 0.29) is 0 Å². The van der Waals surface area contributed by atoms with E-state index in [2.05, 4.69) is 40.1 Å². The van der Waals surface area contributed by atoms with E-state index < -0.39 is 0 Å². The molecule has 5 heteroatoms. The third-order valence-electron chi connectivity index (χ3n) is 2.65. The van der Waals surface area contributed by atoms with Crippen LogP contribution in [0.15, 0.2) is 22.5 Å². The lowest BCUT2D eigenvalue weighted by molar-refractivity contribution is 0.136. The molecule has 0 aliphatic carbocycles. The minimum Gasteiger partial charge on any atom is -0.380 e. The van der Waals surface area contributed by atoms with Gasteiger partial charge in [-0.1, -0.05) is 19.4 Å². The number of unbranched alkanes of at least 4 members (excludes halogenated alkanes) is 1. The van der Waals surface area contributed by atoms with Gasteiger partial charge in [0.25, 0.3) is 0 Å². The average Bonchev–Trinajstić information content (AvgIpc) is 2.93. The van der Waals surface area contributed by atoms with Crippen LogP contribution in [0.3, 0.4) is 0 Å². The van der Waals surface area contributed by atoms with Crippen LogP contribution in [0.1, 0.15) is 24.6 Å². The summed E-state index contributed by atoms with van der Waals surface area (Å²) in [5.41, 5.74) is 0. The Labute approximate surface area is 120 Å². The summed E-state index contributed by atoms with van der Waals surface area (Å²) in [7, 11) is 1.79. The summed E-state index contributed by atoms with van der Waals surface area (Å²) in [5.74, 6) is 0.843. The van der Waals surface area contributed by atoms with Gasteiger partial charge in [0.1, 0.15) is 0 Å². The van der Waals surface area contributed by atoms with Gasteiger partial charge in [0.15, 0.2) is 5.96 Å². The molecule has 0 aliphatic rings. The SMILES string of the molecule is CCCCOCCNC(=NC)NCCc1cccs1. The molecule has 0 unspecified atom stereocenters. The monoisotopic (exact) mass is 283 g/mol. The zero-order chi connectivity index (χ0) is 13.8. The van der Waals surface area contributed by atoms with E-state index in [1.807, 2.05) is 0 Å². The van der Waals surface area contributed by atoms with Gasteiger partial charge in [-0.15, -0.1) is 11.3 Å². The summed E-state index contributed by atoms with van der Waals surface area (Å²) in [6.45, 7) is 5.44. The van der Waals surface area contributed by atoms with E-state index >= 15 is 0 Å². The smallest absolute Gasteiger partial charge is 0.191 e. The standard InChI is InChI=1S/C14H25N3OS/c1-3-4-10-18-11-9-17-14(15-2)16-8-7-13-6-5-12-19-13/h5-6,12H,3-4,7-11H2,1-2H3,(H2,15,16,17). The lowest BCUT2D eigenvalue weighted by atomic mass is 10.3. The molecule has 0 atom stereocenters. The Morgan fingerprint density at radius 2 is 2.16 bits per heavy atom. The minimum absolute atomic E-state index is 0.728. The van der Waals surface area contributed by atoms with Crippen LogP contribution in [0, 0.1) is 0 Å². The molecule has 108 valence electrons. The van der Waals surface area contributed by atoms with Gasteiger partial charge in [-0.3, -0.25) is 4.99 Å². The van der Waals surface area contributed by atoms with Crippen molar-refractivity contribution in [1.29, 1.82) is 0 Å². The minimum atomic E-state index is 0.728. The zero-order valence-electron chi connectivity index (χ0n) is 11.9. The van der Waals surface area contributed by atoms with Crippen molar-refractivity contribution in [2.45, 2.75) is 26.2 Å². The largest absolute Gasteiger partial charge is 0.380 e. The lowest BCUT2D eigenvalue weighted by Gasteiger charge is -2.11. The molecule has 1 aromatic heterocycles. The van der Waals surface area contributed by atoms with Gasteiger partial charge in [0, 0.05) is 31.6 Å². The lowest BCUT2D eigenvalue weighted by Crippen LogP contribution is -2.39. The van der Waals surface area contributed by atoms with Crippen LogP contribution in [-0.4, -0.2) is 39.3 Å². The third kappa shape index (κ3) is 7.85. The highest BCUT2D eigenvalue weighted by Gasteiger charge is 1.98. The fraction of sp³-hybridized carbons (Fsp3) is 0.643. The Morgan fingerprint density at radius 1 is 1.32 bits per heavy atom. The summed E-state index contributed by atoms with van der Waals surface area (Å²) < 4.78 is 5.49. The van der Waals surface area contributed by atoms with Crippen LogP contribution < -0.4 is 10.6 Å². The molecular weight excluding hydrogens is 258 g/mol. The first-order valence-electron chi connectivity index (χ1n) is 6.91. The van der Waals surface area contributed by atoms with Crippen molar-refractivity contribution in [3.05, 3.63) is 22.4 Å². The number of thiophene rings is 1. The van der Waals surface area contributed by atoms with Gasteiger partial charge in [0.2, 0.25) is 0 Å². The summed E-state index contributed by atoms with van der Waals surface area (Å²) in [6, 6.07) is 4.24. The average molecular weight is 283 g/mol. The number of aliphatic imine (C=N–C) groups is 1. The number of hydrogen-bond acceptors (Lipinski definition) is 3. The molecule has 2 N–H and O–H groups in total. The summed E-state index contributed by atoms with van der Waals surface area (Å²) in [6.07, 6.45) is 3.35. The van der Waals surface area contributed by atoms with Gasteiger partial charge < -0.3 is 15.4 Å². The first kappa shape index (κ1) is 16.0. The van der Waals surface area contributed by atoms with E-state index in [1.165, 1.54) is 11.3 Å². The van der Waals surface area contributed by atoms with Gasteiger partial charge in [-0.25, -0.2) is 0 Å². The van der Waals surface area contributed by atoms with Gasteiger partial charge in [-0.2, -0.15) is 0 Å². The molecule has 19 heavy (non-hydrogen) atoms. The van der Waals surface area contributed by atoms with Crippen molar-refractivity contribution in [3.63, 3.8) is 0 Å². The molecule has 0 aliphatic heterocycles. The maximum Gasteiger partial charge on any atom is 0.191 e. The molecule has 0 saturated carbocycles. The molecule has 0 bridgehead atoms. The normalized spacial score (nSPS) is 11.6. The van der Waals surface area contributed by atoms with Crippen LogP contribution in [0.5, 0.6) is 0 Å². The number of guanidine groups is 1. The van der Waals surface area contributed by atoms with E-state index in [0.717, 1.165) is 45.1 Å². The first-order valence-corrected chi connectivity index (χ1v) is 7.79. The number of nitrogens with one attached hydrogen (secondary N) is 2. The Morgan fingerprint density at radius 3 is 2.84 bits per heavy atom. The van der Waals surface area contributed by atoms with Crippen molar-refractivity contribution in [3.8, 4) is 0 Å². The molecule has 0 spiro atoms. The van der Waals surface area contributed by atoms with Crippen LogP contribution in [0.25, 0.3) is 0 Å². The zero-order valence-corrected chi connectivity index (χ0v) is 12.8. The summed E-state index contributed by atoms with van der Waals surface area (Å²) in [5, 5.41) is 8.65. The fourth-order valence-corrected chi connectivity index (χ4v) is 2.28. The third-order valence-corrected chi connectivity index (χ3v) is 3.58. The quantitative estimate of drug-likeness (QED) is 0.415. The maximum absolute atomic E-state index is 5.49. The van der Waals surface area contributed by atoms with Gasteiger partial charge in [0.05, 0.1) is 6.61 Å². The molecule has 0 amide bonds. The second kappa shape index (κ2) is 10.8. The van der Waals surface area contributed by atoms with Crippen molar-refractivity contribution < 1.29 is 4.74 Å². The van der Waals surface area contributed by atoms with Crippen molar-refractivity contribution >= 4 is 17.3 Å². The maximum atomic E-state index is 5.49. The molecular formula is C14H25N3OS. The number of nitrogens with zero attached hydrogens (tertiary/aromatic N) is 1. The molecule has 0 saturated heterocycles. The molecule has 1 aromatic rings. The first-order chi connectivity index (χ1) is 9.36. The molecule has 1 rings (SSSR count). The van der Waals surface area contributed by atoms with E-state index in [1.54, 1.807) is 18.4 Å². The number of ether oxygens (including phenoxy) is 1. The second-order valence-corrected chi connectivity index (χ2v) is 5.25. The van der Waals surface area contributed by atoms with Crippen LogP contribution in [-0.2, 0) is 11.2 Å². The summed E-state index contributed by atoms with van der Waals surface area (Å²) >= 11 is 1.79. The highest BCUT2D eigenvalue weighted by atomic mass is 32.1. The van der Waals surface area contributed by atoms with Crippen molar-refractivity contribution in [1.82, 2.24) is 10.6 Å². The topological polar surface area (TPSA) is 45.6 Å².